The zero-order valence-corrected chi connectivity index (χ0v) is 21.2. The quantitative estimate of drug-likeness (QED) is 0.354. The van der Waals surface area contributed by atoms with Gasteiger partial charge in [0.15, 0.2) is 5.82 Å². The summed E-state index contributed by atoms with van der Waals surface area (Å²) in [5, 5.41) is 13.8. The molecule has 1 aliphatic heterocycles. The van der Waals surface area contributed by atoms with Crippen molar-refractivity contribution in [3.05, 3.63) is 75.2 Å². The number of nitrogens with zero attached hydrogens (tertiary/aromatic N) is 5. The van der Waals surface area contributed by atoms with Crippen molar-refractivity contribution in [2.75, 3.05) is 13.2 Å². The van der Waals surface area contributed by atoms with E-state index in [-0.39, 0.29) is 17.7 Å². The molecule has 5 rings (SSSR count). The molecule has 0 radical (unpaired) electrons. The molecule has 0 unspecified atom stereocenters. The average molecular weight is 491 g/mol. The fourth-order valence-corrected chi connectivity index (χ4v) is 5.28. The van der Waals surface area contributed by atoms with Gasteiger partial charge < -0.3 is 14.1 Å². The van der Waals surface area contributed by atoms with Crippen molar-refractivity contribution in [3.8, 4) is 0 Å². The number of pyridine rings is 1. The molecule has 190 valence electrons. The highest BCUT2D eigenvalue weighted by atomic mass is 16.5. The Labute approximate surface area is 210 Å². The maximum Gasteiger partial charge on any atom is 0.252 e. The van der Waals surface area contributed by atoms with Gasteiger partial charge in [0, 0.05) is 25.3 Å². The summed E-state index contributed by atoms with van der Waals surface area (Å²) in [7, 11) is 0. The van der Waals surface area contributed by atoms with Crippen LogP contribution in [0.1, 0.15) is 66.9 Å². The molecule has 0 amide bonds. The lowest BCUT2D eigenvalue weighted by Crippen LogP contribution is -2.38. The van der Waals surface area contributed by atoms with Crippen LogP contribution >= 0.6 is 0 Å². The fourth-order valence-electron chi connectivity index (χ4n) is 5.28. The highest BCUT2D eigenvalue weighted by Crippen LogP contribution is 2.29. The number of tetrazole rings is 1. The van der Waals surface area contributed by atoms with Gasteiger partial charge in [-0.05, 0) is 78.8 Å². The van der Waals surface area contributed by atoms with E-state index >= 15 is 0 Å². The summed E-state index contributed by atoms with van der Waals surface area (Å²) < 4.78 is 13.4. The number of fused-ring (bicyclic) bond motifs is 1. The molecular formula is C27H34N6O3. The Balaban J connectivity index is 1.51. The van der Waals surface area contributed by atoms with Crippen LogP contribution in [0.15, 0.2) is 45.8 Å². The summed E-state index contributed by atoms with van der Waals surface area (Å²) in [4.78, 5) is 18.7. The number of aromatic amines is 1. The highest BCUT2D eigenvalue weighted by molar-refractivity contribution is 5.82. The first-order chi connectivity index (χ1) is 17.5. The number of hydrogen-bond acceptors (Lipinski definition) is 7. The molecule has 2 atom stereocenters. The summed E-state index contributed by atoms with van der Waals surface area (Å²) in [6.45, 7) is 8.70. The van der Waals surface area contributed by atoms with Gasteiger partial charge in [-0.1, -0.05) is 25.0 Å². The number of benzene rings is 1. The molecule has 1 saturated heterocycles. The van der Waals surface area contributed by atoms with Crippen LogP contribution in [0, 0.1) is 13.8 Å². The minimum absolute atomic E-state index is 0.0581. The summed E-state index contributed by atoms with van der Waals surface area (Å²) >= 11 is 0. The van der Waals surface area contributed by atoms with Gasteiger partial charge in [-0.25, -0.2) is 4.68 Å². The average Bonchev–Trinajstić information content (AvgIpc) is 3.62. The van der Waals surface area contributed by atoms with Crippen molar-refractivity contribution < 1.29 is 9.15 Å². The van der Waals surface area contributed by atoms with Crippen LogP contribution in [0.3, 0.4) is 0 Å². The molecule has 9 nitrogen and oxygen atoms in total. The number of hydrogen-bond donors (Lipinski definition) is 1. The molecule has 1 N–H and O–H groups in total. The third-order valence-corrected chi connectivity index (χ3v) is 6.95. The van der Waals surface area contributed by atoms with E-state index in [1.165, 1.54) is 5.56 Å². The lowest BCUT2D eigenvalue weighted by molar-refractivity contribution is 0.0476. The summed E-state index contributed by atoms with van der Waals surface area (Å²) in [6, 6.07) is 9.96. The number of ether oxygens (including phenoxy) is 1. The van der Waals surface area contributed by atoms with Crippen LogP contribution in [0.5, 0.6) is 0 Å². The number of rotatable bonds is 10. The lowest BCUT2D eigenvalue weighted by atomic mass is 10.0. The molecule has 1 aromatic carbocycles. The van der Waals surface area contributed by atoms with Gasteiger partial charge in [-0.2, -0.15) is 0 Å². The third kappa shape index (κ3) is 5.27. The predicted octanol–water partition coefficient (Wildman–Crippen LogP) is 4.30. The monoisotopic (exact) mass is 490 g/mol. The largest absolute Gasteiger partial charge is 0.467 e. The second-order valence-electron chi connectivity index (χ2n) is 9.81. The van der Waals surface area contributed by atoms with Crippen LogP contribution in [-0.2, 0) is 17.8 Å². The Bertz CT molecular complexity index is 1350. The number of furan rings is 1. The van der Waals surface area contributed by atoms with Gasteiger partial charge in [0.1, 0.15) is 12.3 Å². The van der Waals surface area contributed by atoms with Gasteiger partial charge in [0.2, 0.25) is 0 Å². The lowest BCUT2D eigenvalue weighted by Gasteiger charge is -2.32. The summed E-state index contributed by atoms with van der Waals surface area (Å²) in [5.41, 5.74) is 3.82. The van der Waals surface area contributed by atoms with Gasteiger partial charge in [0.25, 0.3) is 5.56 Å². The fraction of sp³-hybridized carbons (Fsp3) is 0.481. The van der Waals surface area contributed by atoms with Crippen molar-refractivity contribution in [2.45, 2.75) is 71.7 Å². The number of nitrogens with one attached hydrogen (secondary N) is 1. The summed E-state index contributed by atoms with van der Waals surface area (Å²) in [6.07, 6.45) is 5.66. The molecule has 1 fully saturated rings. The van der Waals surface area contributed by atoms with Crippen molar-refractivity contribution in [1.29, 1.82) is 0 Å². The van der Waals surface area contributed by atoms with E-state index in [4.69, 9.17) is 9.15 Å². The minimum atomic E-state index is -0.0708. The molecule has 0 spiro atoms. The molecule has 4 aromatic rings. The van der Waals surface area contributed by atoms with Crippen LogP contribution in [0.4, 0.5) is 0 Å². The van der Waals surface area contributed by atoms with E-state index < -0.39 is 0 Å². The molecule has 1 aliphatic rings. The van der Waals surface area contributed by atoms with Crippen molar-refractivity contribution in [1.82, 2.24) is 30.1 Å². The first-order valence-corrected chi connectivity index (χ1v) is 12.8. The zero-order chi connectivity index (χ0) is 25.1. The maximum absolute atomic E-state index is 13.2. The Morgan fingerprint density at radius 2 is 2.17 bits per heavy atom. The topological polar surface area (TPSA) is 102 Å². The predicted molar refractivity (Wildman–Crippen MR) is 137 cm³/mol. The van der Waals surface area contributed by atoms with Gasteiger partial charge in [0.05, 0.1) is 23.9 Å². The van der Waals surface area contributed by atoms with Gasteiger partial charge in [-0.3, -0.25) is 9.69 Å². The Morgan fingerprint density at radius 1 is 1.28 bits per heavy atom. The van der Waals surface area contributed by atoms with Crippen molar-refractivity contribution in [3.63, 3.8) is 0 Å². The number of H-pyrrole nitrogens is 1. The molecule has 4 heterocycles. The van der Waals surface area contributed by atoms with E-state index in [0.717, 1.165) is 65.9 Å². The maximum atomic E-state index is 13.2. The zero-order valence-electron chi connectivity index (χ0n) is 21.2. The molecule has 0 saturated carbocycles. The molecule has 36 heavy (non-hydrogen) atoms. The molecular weight excluding hydrogens is 456 g/mol. The van der Waals surface area contributed by atoms with Crippen molar-refractivity contribution >= 4 is 10.9 Å². The molecule has 0 aliphatic carbocycles. The number of aromatic nitrogens is 5. The van der Waals surface area contributed by atoms with E-state index in [2.05, 4.69) is 51.4 Å². The van der Waals surface area contributed by atoms with Crippen LogP contribution in [-0.4, -0.2) is 49.3 Å². The van der Waals surface area contributed by atoms with E-state index in [9.17, 15) is 4.79 Å². The molecule has 3 aromatic heterocycles. The first kappa shape index (κ1) is 24.4. The van der Waals surface area contributed by atoms with E-state index in [0.29, 0.717) is 19.6 Å². The smallest absolute Gasteiger partial charge is 0.252 e. The van der Waals surface area contributed by atoms with Crippen molar-refractivity contribution in [2.24, 2.45) is 0 Å². The second kappa shape index (κ2) is 10.8. The Kier molecular flexibility index (Phi) is 7.29. The molecule has 9 heteroatoms. The SMILES string of the molecule is CCC[C@@H](c1nnnn1Cc1ccco1)N(Cc1cc2cc(C)cc(C)c2[nH]c1=O)C[C@@H]1CCCO1. The summed E-state index contributed by atoms with van der Waals surface area (Å²) in [5.74, 6) is 1.57. The standard InChI is InChI=1S/C27H34N6O3/c1-4-7-24(26-29-30-31-33(26)17-23-9-6-11-36-23)32(16-22-8-5-10-35-22)15-21-14-20-13-18(2)12-19(3)25(20)28-27(21)34/h6,9,11-14,22,24H,4-5,7-8,10,15-17H2,1-3H3,(H,28,34)/t22-,24-/m0/s1. The molecule has 0 bridgehead atoms. The third-order valence-electron chi connectivity index (χ3n) is 6.95. The van der Waals surface area contributed by atoms with Crippen LogP contribution in [0.25, 0.3) is 10.9 Å². The van der Waals surface area contributed by atoms with Gasteiger partial charge in [-0.15, -0.1) is 5.10 Å². The number of aryl methyl sites for hydroxylation is 2. The first-order valence-electron chi connectivity index (χ1n) is 12.8. The minimum Gasteiger partial charge on any atom is -0.467 e. The Hall–Kier alpha value is -3.30. The highest BCUT2D eigenvalue weighted by Gasteiger charge is 2.30. The second-order valence-corrected chi connectivity index (χ2v) is 9.81. The Morgan fingerprint density at radius 3 is 2.92 bits per heavy atom. The van der Waals surface area contributed by atoms with Gasteiger partial charge >= 0.3 is 0 Å². The van der Waals surface area contributed by atoms with Crippen LogP contribution < -0.4 is 5.56 Å². The van der Waals surface area contributed by atoms with E-state index in [1.54, 1.807) is 10.9 Å². The van der Waals surface area contributed by atoms with E-state index in [1.807, 2.05) is 25.1 Å². The normalized spacial score (nSPS) is 16.8. The van der Waals surface area contributed by atoms with Crippen LogP contribution in [0.2, 0.25) is 0 Å².